The largest absolute Gasteiger partial charge is 0.354 e. The fourth-order valence-corrected chi connectivity index (χ4v) is 2.87. The molecule has 2 amide bonds. The van der Waals surface area contributed by atoms with Crippen molar-refractivity contribution in [2.24, 2.45) is 5.92 Å². The standard InChI is InChI=1S/C13H14FN3O2/c14-11-4-3-8(6-15-11)13(19)17-5-1-2-9-10(17)7-16-12(9)18/h3-4,6,9-10H,1-2,5,7H2,(H,16,18). The first-order chi connectivity index (χ1) is 9.16. The van der Waals surface area contributed by atoms with E-state index in [0.717, 1.165) is 12.8 Å². The third kappa shape index (κ3) is 2.07. The third-order valence-electron chi connectivity index (χ3n) is 3.84. The highest BCUT2D eigenvalue weighted by atomic mass is 19.1. The first-order valence-corrected chi connectivity index (χ1v) is 6.37. The number of likely N-dealkylation sites (tertiary alicyclic amines) is 1. The van der Waals surface area contributed by atoms with E-state index < -0.39 is 5.95 Å². The molecule has 100 valence electrons. The zero-order valence-corrected chi connectivity index (χ0v) is 10.3. The van der Waals surface area contributed by atoms with Gasteiger partial charge in [-0.25, -0.2) is 4.98 Å². The van der Waals surface area contributed by atoms with Crippen LogP contribution in [0, 0.1) is 11.9 Å². The minimum atomic E-state index is -0.606. The van der Waals surface area contributed by atoms with Crippen LogP contribution in [-0.4, -0.2) is 40.8 Å². The second kappa shape index (κ2) is 4.60. The van der Waals surface area contributed by atoms with Gasteiger partial charge in [0, 0.05) is 19.3 Å². The molecule has 5 nitrogen and oxygen atoms in total. The summed E-state index contributed by atoms with van der Waals surface area (Å²) >= 11 is 0. The van der Waals surface area contributed by atoms with Gasteiger partial charge in [0.05, 0.1) is 17.5 Å². The molecule has 0 bridgehead atoms. The van der Waals surface area contributed by atoms with Crippen LogP contribution in [0.3, 0.4) is 0 Å². The Bertz CT molecular complexity index is 517. The van der Waals surface area contributed by atoms with Crippen LogP contribution in [-0.2, 0) is 4.79 Å². The zero-order valence-electron chi connectivity index (χ0n) is 10.3. The summed E-state index contributed by atoms with van der Waals surface area (Å²) in [7, 11) is 0. The lowest BCUT2D eigenvalue weighted by molar-refractivity contribution is -0.123. The summed E-state index contributed by atoms with van der Waals surface area (Å²) in [5.74, 6) is -0.865. The van der Waals surface area contributed by atoms with Crippen molar-refractivity contribution in [1.29, 1.82) is 0 Å². The molecule has 2 atom stereocenters. The first-order valence-electron chi connectivity index (χ1n) is 6.37. The molecule has 1 N–H and O–H groups in total. The van der Waals surface area contributed by atoms with Crippen LogP contribution in [0.1, 0.15) is 23.2 Å². The summed E-state index contributed by atoms with van der Waals surface area (Å²) in [5.41, 5.74) is 0.362. The van der Waals surface area contributed by atoms with Crippen molar-refractivity contribution in [3.8, 4) is 0 Å². The van der Waals surface area contributed by atoms with Gasteiger partial charge in [-0.05, 0) is 25.0 Å². The molecule has 1 aromatic heterocycles. The van der Waals surface area contributed by atoms with Crippen molar-refractivity contribution in [3.05, 3.63) is 29.8 Å². The Labute approximate surface area is 109 Å². The van der Waals surface area contributed by atoms with Crippen LogP contribution >= 0.6 is 0 Å². The van der Waals surface area contributed by atoms with Crippen molar-refractivity contribution < 1.29 is 14.0 Å². The maximum Gasteiger partial charge on any atom is 0.255 e. The Morgan fingerprint density at radius 1 is 1.47 bits per heavy atom. The van der Waals surface area contributed by atoms with Gasteiger partial charge in [-0.15, -0.1) is 0 Å². The lowest BCUT2D eigenvalue weighted by atomic mass is 9.91. The minimum Gasteiger partial charge on any atom is -0.354 e. The number of nitrogens with zero attached hydrogens (tertiary/aromatic N) is 2. The Morgan fingerprint density at radius 3 is 3.05 bits per heavy atom. The van der Waals surface area contributed by atoms with Gasteiger partial charge in [0.15, 0.2) is 0 Å². The normalized spacial score (nSPS) is 25.9. The van der Waals surface area contributed by atoms with Gasteiger partial charge in [0.2, 0.25) is 11.9 Å². The van der Waals surface area contributed by atoms with E-state index in [4.69, 9.17) is 0 Å². The molecular weight excluding hydrogens is 249 g/mol. The molecule has 2 saturated heterocycles. The first kappa shape index (κ1) is 12.1. The fraction of sp³-hybridized carbons (Fsp3) is 0.462. The second-order valence-corrected chi connectivity index (χ2v) is 4.93. The van der Waals surface area contributed by atoms with E-state index in [0.29, 0.717) is 18.7 Å². The molecule has 2 fully saturated rings. The van der Waals surface area contributed by atoms with Gasteiger partial charge >= 0.3 is 0 Å². The van der Waals surface area contributed by atoms with Gasteiger partial charge in [-0.1, -0.05) is 0 Å². The van der Waals surface area contributed by atoms with Crippen LogP contribution in [0.4, 0.5) is 4.39 Å². The predicted molar refractivity (Wildman–Crippen MR) is 64.8 cm³/mol. The monoisotopic (exact) mass is 263 g/mol. The number of fused-ring (bicyclic) bond motifs is 1. The lowest BCUT2D eigenvalue weighted by Gasteiger charge is -2.35. The molecule has 0 spiro atoms. The maximum atomic E-state index is 12.8. The number of carbonyl (C=O) groups is 2. The van der Waals surface area contributed by atoms with Crippen LogP contribution in [0.15, 0.2) is 18.3 Å². The molecule has 0 saturated carbocycles. The van der Waals surface area contributed by atoms with Crippen molar-refractivity contribution in [1.82, 2.24) is 15.2 Å². The van der Waals surface area contributed by atoms with E-state index in [2.05, 4.69) is 10.3 Å². The Morgan fingerprint density at radius 2 is 2.32 bits per heavy atom. The molecule has 19 heavy (non-hydrogen) atoms. The number of nitrogens with one attached hydrogen (secondary N) is 1. The van der Waals surface area contributed by atoms with Gasteiger partial charge in [-0.2, -0.15) is 4.39 Å². The Kier molecular flexibility index (Phi) is 2.93. The number of amides is 2. The number of rotatable bonds is 1. The summed E-state index contributed by atoms with van der Waals surface area (Å²) in [5, 5.41) is 2.80. The van der Waals surface area contributed by atoms with Crippen molar-refractivity contribution in [3.63, 3.8) is 0 Å². The van der Waals surface area contributed by atoms with Gasteiger partial charge < -0.3 is 10.2 Å². The second-order valence-electron chi connectivity index (χ2n) is 4.93. The molecule has 2 aliphatic rings. The van der Waals surface area contributed by atoms with Crippen LogP contribution in [0.2, 0.25) is 0 Å². The topological polar surface area (TPSA) is 62.3 Å². The smallest absolute Gasteiger partial charge is 0.255 e. The van der Waals surface area contributed by atoms with Crippen molar-refractivity contribution in [2.45, 2.75) is 18.9 Å². The number of halogens is 1. The van der Waals surface area contributed by atoms with Crippen molar-refractivity contribution >= 4 is 11.8 Å². The molecule has 3 rings (SSSR count). The van der Waals surface area contributed by atoms with E-state index in [-0.39, 0.29) is 23.8 Å². The van der Waals surface area contributed by atoms with Crippen LogP contribution < -0.4 is 5.32 Å². The van der Waals surface area contributed by atoms with Gasteiger partial charge in [-0.3, -0.25) is 9.59 Å². The highest BCUT2D eigenvalue weighted by Gasteiger charge is 2.42. The Balaban J connectivity index is 1.83. The highest BCUT2D eigenvalue weighted by Crippen LogP contribution is 2.28. The number of hydrogen-bond acceptors (Lipinski definition) is 3. The van der Waals surface area contributed by atoms with Crippen molar-refractivity contribution in [2.75, 3.05) is 13.1 Å². The summed E-state index contributed by atoms with van der Waals surface area (Å²) < 4.78 is 12.8. The molecule has 0 radical (unpaired) electrons. The minimum absolute atomic E-state index is 0.0275. The van der Waals surface area contributed by atoms with E-state index in [1.807, 2.05) is 0 Å². The number of piperidine rings is 1. The van der Waals surface area contributed by atoms with Crippen LogP contribution in [0.5, 0.6) is 0 Å². The molecule has 2 aliphatic heterocycles. The summed E-state index contributed by atoms with van der Waals surface area (Å²) in [6.45, 7) is 1.14. The molecule has 1 aromatic rings. The van der Waals surface area contributed by atoms with E-state index >= 15 is 0 Å². The summed E-state index contributed by atoms with van der Waals surface area (Å²) in [6.07, 6.45) is 2.88. The quantitative estimate of drug-likeness (QED) is 0.754. The average Bonchev–Trinajstić information content (AvgIpc) is 2.81. The molecule has 0 aromatic carbocycles. The molecule has 3 heterocycles. The lowest BCUT2D eigenvalue weighted by Crippen LogP contribution is -2.48. The average molecular weight is 263 g/mol. The highest BCUT2D eigenvalue weighted by molar-refractivity contribution is 5.95. The number of aromatic nitrogens is 1. The van der Waals surface area contributed by atoms with Gasteiger partial charge in [0.1, 0.15) is 0 Å². The SMILES string of the molecule is O=C1NCC2C1CCCN2C(=O)c1ccc(F)nc1. The molecule has 6 heteroatoms. The third-order valence-corrected chi connectivity index (χ3v) is 3.84. The molecule has 2 unspecified atom stereocenters. The number of carbonyl (C=O) groups excluding carboxylic acids is 2. The number of hydrogen-bond donors (Lipinski definition) is 1. The maximum absolute atomic E-state index is 12.8. The molecule has 0 aliphatic carbocycles. The molecular formula is C13H14FN3O2. The van der Waals surface area contributed by atoms with E-state index in [1.165, 1.54) is 18.3 Å². The summed E-state index contributed by atoms with van der Waals surface area (Å²) in [6, 6.07) is 2.52. The van der Waals surface area contributed by atoms with E-state index in [9.17, 15) is 14.0 Å². The summed E-state index contributed by atoms with van der Waals surface area (Å²) in [4.78, 5) is 29.2. The van der Waals surface area contributed by atoms with Gasteiger partial charge in [0.25, 0.3) is 5.91 Å². The Hall–Kier alpha value is -1.98. The zero-order chi connectivity index (χ0) is 13.4. The van der Waals surface area contributed by atoms with E-state index in [1.54, 1.807) is 4.90 Å². The fourth-order valence-electron chi connectivity index (χ4n) is 2.87. The number of pyridine rings is 1. The predicted octanol–water partition coefficient (Wildman–Crippen LogP) is 0.571. The van der Waals surface area contributed by atoms with Crippen LogP contribution in [0.25, 0.3) is 0 Å².